The predicted molar refractivity (Wildman–Crippen MR) is 121 cm³/mol. The summed E-state index contributed by atoms with van der Waals surface area (Å²) in [6.07, 6.45) is 0. The maximum atomic E-state index is 10.6. The zero-order valence-corrected chi connectivity index (χ0v) is 10.6. The molecule has 0 aromatic rings. The summed E-state index contributed by atoms with van der Waals surface area (Å²) in [5.74, 6) is -4.91. The molecule has 0 aliphatic carbocycles. The SMILES string of the molecule is O=C(O)CN(CCN(CC(=O)O)CC(=O)O)CC(=O)O.[NaH].[NaH].[NaH].[NaH].[NaH].[NaH].[NaH].[NaH]. The molecule has 0 aliphatic rings. The van der Waals surface area contributed by atoms with Gasteiger partial charge in [0.25, 0.3) is 0 Å². The van der Waals surface area contributed by atoms with Gasteiger partial charge in [-0.05, 0) is 0 Å². The van der Waals surface area contributed by atoms with Crippen molar-refractivity contribution >= 4 is 260 Å². The molecule has 0 aromatic carbocycles. The van der Waals surface area contributed by atoms with Gasteiger partial charge < -0.3 is 20.4 Å². The molecule has 0 radical (unpaired) electrons. The first-order chi connectivity index (χ1) is 9.20. The van der Waals surface area contributed by atoms with Gasteiger partial charge in [0.05, 0.1) is 26.2 Å². The van der Waals surface area contributed by atoms with E-state index in [4.69, 9.17) is 20.4 Å². The second-order valence-electron chi connectivity index (χ2n) is 4.00. The van der Waals surface area contributed by atoms with Gasteiger partial charge in [-0.3, -0.25) is 29.0 Å². The van der Waals surface area contributed by atoms with Crippen molar-refractivity contribution in [2.45, 2.75) is 0 Å². The molecule has 0 saturated heterocycles. The summed E-state index contributed by atoms with van der Waals surface area (Å²) in [7, 11) is 0. The summed E-state index contributed by atoms with van der Waals surface area (Å²) < 4.78 is 0. The van der Waals surface area contributed by atoms with E-state index in [1.54, 1.807) is 0 Å². The standard InChI is InChI=1S/C10H16N2O8.8Na.8H/c13-7(14)3-11(4-8(15)16)1-2-12(5-9(17)18)6-10(19)20;;;;;;;;;;;;;;;;/h1-6H2,(H,13,14)(H,15,16)(H,17,18)(H,19,20);;;;;;;;;;;;;;;;. The Bertz CT molecular complexity index is 340. The molecular formula is C10H24N2Na8O8. The molecule has 0 aromatic heterocycles. The van der Waals surface area contributed by atoms with Crippen molar-refractivity contribution < 1.29 is 39.6 Å². The molecular weight excluding hydrogens is 460 g/mol. The van der Waals surface area contributed by atoms with Gasteiger partial charge in [0, 0.05) is 13.1 Å². The molecule has 0 fully saturated rings. The fourth-order valence-corrected chi connectivity index (χ4v) is 1.48. The molecule has 18 heteroatoms. The van der Waals surface area contributed by atoms with E-state index in [1.165, 1.54) is 0 Å². The van der Waals surface area contributed by atoms with Crippen LogP contribution in [-0.2, 0) is 19.2 Å². The van der Waals surface area contributed by atoms with E-state index >= 15 is 0 Å². The van der Waals surface area contributed by atoms with Crippen molar-refractivity contribution in [1.29, 1.82) is 0 Å². The van der Waals surface area contributed by atoms with Crippen LogP contribution in [0.1, 0.15) is 0 Å². The Balaban J connectivity index is -0.0000000645. The predicted octanol–water partition coefficient (Wildman–Crippen LogP) is -7.26. The van der Waals surface area contributed by atoms with E-state index < -0.39 is 50.1 Å². The Labute approximate surface area is 341 Å². The van der Waals surface area contributed by atoms with E-state index in [9.17, 15) is 19.2 Å². The van der Waals surface area contributed by atoms with Gasteiger partial charge in [-0.2, -0.15) is 0 Å². The molecule has 0 atom stereocenters. The van der Waals surface area contributed by atoms with Crippen LogP contribution in [-0.4, -0.2) is 330 Å². The van der Waals surface area contributed by atoms with Crippen LogP contribution >= 0.6 is 0 Å². The minimum atomic E-state index is -1.23. The molecule has 130 valence electrons. The fourth-order valence-electron chi connectivity index (χ4n) is 1.48. The van der Waals surface area contributed by atoms with Crippen LogP contribution < -0.4 is 0 Å². The van der Waals surface area contributed by atoms with Gasteiger partial charge in [0.2, 0.25) is 0 Å². The Morgan fingerprint density at radius 2 is 0.571 bits per heavy atom. The maximum absolute atomic E-state index is 10.6. The molecule has 0 heterocycles. The van der Waals surface area contributed by atoms with Crippen molar-refractivity contribution in [2.24, 2.45) is 0 Å². The number of hydrogen-bond acceptors (Lipinski definition) is 6. The van der Waals surface area contributed by atoms with Crippen molar-refractivity contribution in [3.63, 3.8) is 0 Å². The number of rotatable bonds is 11. The first kappa shape index (κ1) is 59.1. The van der Waals surface area contributed by atoms with Crippen LogP contribution in [0.4, 0.5) is 0 Å². The molecule has 10 nitrogen and oxygen atoms in total. The fraction of sp³-hybridized carbons (Fsp3) is 0.600. The summed E-state index contributed by atoms with van der Waals surface area (Å²) >= 11 is 0. The zero-order valence-electron chi connectivity index (χ0n) is 10.6. The average Bonchev–Trinajstić information content (AvgIpc) is 2.22. The van der Waals surface area contributed by atoms with Crippen LogP contribution in [0.15, 0.2) is 0 Å². The van der Waals surface area contributed by atoms with Crippen molar-refractivity contribution in [2.75, 3.05) is 39.3 Å². The number of hydrogen-bond donors (Lipinski definition) is 4. The van der Waals surface area contributed by atoms with Crippen molar-refractivity contribution in [3.8, 4) is 0 Å². The minimum absolute atomic E-state index is 0. The van der Waals surface area contributed by atoms with E-state index in [0.29, 0.717) is 0 Å². The number of nitrogens with zero attached hydrogens (tertiary/aromatic N) is 2. The van der Waals surface area contributed by atoms with E-state index in [0.717, 1.165) is 9.80 Å². The normalized spacial score (nSPS) is 7.64. The van der Waals surface area contributed by atoms with Crippen molar-refractivity contribution in [1.82, 2.24) is 9.80 Å². The number of carboxylic acid groups (broad SMARTS) is 4. The van der Waals surface area contributed by atoms with Crippen LogP contribution in [0.25, 0.3) is 0 Å². The summed E-state index contributed by atoms with van der Waals surface area (Å²) in [5, 5.41) is 34.5. The van der Waals surface area contributed by atoms with E-state index in [2.05, 4.69) is 0 Å². The molecule has 0 aliphatic heterocycles. The van der Waals surface area contributed by atoms with Crippen LogP contribution in [0, 0.1) is 0 Å². The van der Waals surface area contributed by atoms with Gasteiger partial charge in [-0.25, -0.2) is 0 Å². The third-order valence-corrected chi connectivity index (χ3v) is 2.17. The third-order valence-electron chi connectivity index (χ3n) is 2.17. The average molecular weight is 484 g/mol. The topological polar surface area (TPSA) is 156 Å². The Morgan fingerprint density at radius 1 is 0.429 bits per heavy atom. The zero-order chi connectivity index (χ0) is 15.7. The number of carboxylic acids is 4. The number of aliphatic carboxylic acids is 4. The third kappa shape index (κ3) is 42.0. The Kier molecular flexibility index (Phi) is 78.9. The summed E-state index contributed by atoms with van der Waals surface area (Å²) in [6.45, 7) is -2.25. The van der Waals surface area contributed by atoms with Gasteiger partial charge in [0.1, 0.15) is 0 Å². The van der Waals surface area contributed by atoms with Crippen molar-refractivity contribution in [3.05, 3.63) is 0 Å². The van der Waals surface area contributed by atoms with Gasteiger partial charge in [0.15, 0.2) is 0 Å². The monoisotopic (exact) mass is 484 g/mol. The first-order valence-electron chi connectivity index (χ1n) is 5.52. The molecule has 0 bridgehead atoms. The molecule has 28 heavy (non-hydrogen) atoms. The Morgan fingerprint density at radius 3 is 0.679 bits per heavy atom. The van der Waals surface area contributed by atoms with Crippen LogP contribution in [0.2, 0.25) is 0 Å². The van der Waals surface area contributed by atoms with Crippen LogP contribution in [0.3, 0.4) is 0 Å². The quantitative estimate of drug-likeness (QED) is 0.208. The van der Waals surface area contributed by atoms with E-state index in [1.807, 2.05) is 0 Å². The van der Waals surface area contributed by atoms with E-state index in [-0.39, 0.29) is 250 Å². The van der Waals surface area contributed by atoms with Gasteiger partial charge >= 0.3 is 260 Å². The second-order valence-corrected chi connectivity index (χ2v) is 4.00. The first-order valence-corrected chi connectivity index (χ1v) is 5.52. The summed E-state index contributed by atoms with van der Waals surface area (Å²) in [5.41, 5.74) is 0. The molecule has 4 N–H and O–H groups in total. The van der Waals surface area contributed by atoms with Gasteiger partial charge in [-0.15, -0.1) is 0 Å². The molecule has 0 unspecified atom stereocenters. The molecule has 0 rings (SSSR count). The summed E-state index contributed by atoms with van der Waals surface area (Å²) in [6, 6.07) is 0. The van der Waals surface area contributed by atoms with Gasteiger partial charge in [-0.1, -0.05) is 0 Å². The molecule has 0 spiro atoms. The Hall–Kier alpha value is 5.80. The summed E-state index contributed by atoms with van der Waals surface area (Å²) in [4.78, 5) is 44.4. The second kappa shape index (κ2) is 37.4. The molecule has 0 amide bonds. The molecule has 0 saturated carbocycles. The number of carbonyl (C=O) groups is 4. The van der Waals surface area contributed by atoms with Crippen LogP contribution in [0.5, 0.6) is 0 Å².